The van der Waals surface area contributed by atoms with Crippen LogP contribution in [0.15, 0.2) is 28.1 Å². The summed E-state index contributed by atoms with van der Waals surface area (Å²) in [6.07, 6.45) is 1.65. The van der Waals surface area contributed by atoms with Crippen molar-refractivity contribution in [3.05, 3.63) is 46.5 Å². The molecule has 0 spiro atoms. The van der Waals surface area contributed by atoms with Gasteiger partial charge in [-0.2, -0.15) is 5.10 Å². The van der Waals surface area contributed by atoms with Crippen molar-refractivity contribution in [2.45, 2.75) is 40.7 Å². The third-order valence-electron chi connectivity index (χ3n) is 4.70. The number of ketones is 1. The predicted octanol–water partition coefficient (Wildman–Crippen LogP) is 4.80. The van der Waals surface area contributed by atoms with Crippen molar-refractivity contribution in [3.63, 3.8) is 0 Å². The molecule has 0 atom stereocenters. The first-order chi connectivity index (χ1) is 14.2. The second-order valence-corrected chi connectivity index (χ2v) is 8.21. The smallest absolute Gasteiger partial charge is 0.258 e. The van der Waals surface area contributed by atoms with Gasteiger partial charge in [0.1, 0.15) is 17.2 Å². The number of anilines is 1. The monoisotopic (exact) mass is 423 g/mol. The van der Waals surface area contributed by atoms with Crippen LogP contribution >= 0.6 is 11.3 Å². The lowest BCUT2D eigenvalue weighted by molar-refractivity contribution is 0.100. The van der Waals surface area contributed by atoms with E-state index in [1.807, 2.05) is 33.8 Å². The van der Waals surface area contributed by atoms with Gasteiger partial charge >= 0.3 is 0 Å². The Morgan fingerprint density at radius 2 is 1.97 bits per heavy atom. The van der Waals surface area contributed by atoms with E-state index in [0.717, 1.165) is 17.1 Å². The van der Waals surface area contributed by atoms with Crippen LogP contribution in [0.25, 0.3) is 22.3 Å². The fourth-order valence-electron chi connectivity index (χ4n) is 3.26. The first-order valence-corrected chi connectivity index (χ1v) is 10.4. The van der Waals surface area contributed by atoms with Gasteiger partial charge in [-0.25, -0.2) is 14.6 Å². The zero-order valence-corrected chi connectivity index (χ0v) is 18.1. The van der Waals surface area contributed by atoms with Gasteiger partial charge in [-0.05, 0) is 39.8 Å². The molecule has 0 fully saturated rings. The molecule has 9 heteroatoms. The molecule has 0 aromatic carbocycles. The molecule has 154 valence electrons. The molecular formula is C21H21N5O3S. The van der Waals surface area contributed by atoms with Crippen LogP contribution in [-0.2, 0) is 0 Å². The van der Waals surface area contributed by atoms with Crippen molar-refractivity contribution in [1.29, 1.82) is 0 Å². The summed E-state index contributed by atoms with van der Waals surface area (Å²) in [5.41, 5.74) is 2.84. The van der Waals surface area contributed by atoms with Crippen LogP contribution in [0.3, 0.4) is 0 Å². The number of aromatic nitrogens is 4. The minimum absolute atomic E-state index is 0.0745. The van der Waals surface area contributed by atoms with E-state index in [1.165, 1.54) is 18.3 Å². The number of Topliss-reactive ketones (excluding diaryl/α,β-unsaturated/α-hetero) is 1. The summed E-state index contributed by atoms with van der Waals surface area (Å²) in [6.45, 7) is 9.19. The Morgan fingerprint density at radius 3 is 2.57 bits per heavy atom. The zero-order chi connectivity index (χ0) is 21.6. The van der Waals surface area contributed by atoms with Crippen LogP contribution in [0.4, 0.5) is 5.13 Å². The number of rotatable bonds is 5. The molecular weight excluding hydrogens is 402 g/mol. The number of aryl methyl sites for hydroxylation is 2. The molecule has 0 bridgehead atoms. The lowest BCUT2D eigenvalue weighted by Gasteiger charge is -2.10. The standard InChI is InChI=1S/C21H21N5O3S/c1-10(2)26-19-16(8-22-26)15(7-17(23-19)14-6-11(3)29-13(14)5)20(28)25-21-24-18(9-30-21)12(4)27/h6-10H,1-5H3,(H,24,25,28). The van der Waals surface area contributed by atoms with E-state index < -0.39 is 0 Å². The maximum absolute atomic E-state index is 13.1. The van der Waals surface area contributed by atoms with Crippen molar-refractivity contribution in [2.75, 3.05) is 5.32 Å². The highest BCUT2D eigenvalue weighted by molar-refractivity contribution is 7.14. The molecule has 8 nitrogen and oxygen atoms in total. The van der Waals surface area contributed by atoms with E-state index in [2.05, 4.69) is 15.4 Å². The Kier molecular flexibility index (Phi) is 4.98. The van der Waals surface area contributed by atoms with Gasteiger partial charge in [0.2, 0.25) is 0 Å². The van der Waals surface area contributed by atoms with Gasteiger partial charge in [-0.3, -0.25) is 14.9 Å². The molecule has 0 radical (unpaired) electrons. The first kappa shape index (κ1) is 20.0. The number of hydrogen-bond acceptors (Lipinski definition) is 7. The lowest BCUT2D eigenvalue weighted by Crippen LogP contribution is -2.13. The molecule has 0 saturated carbocycles. The highest BCUT2D eigenvalue weighted by Gasteiger charge is 2.21. The molecule has 0 aliphatic rings. The largest absolute Gasteiger partial charge is 0.466 e. The van der Waals surface area contributed by atoms with Gasteiger partial charge in [0, 0.05) is 23.9 Å². The van der Waals surface area contributed by atoms with Gasteiger partial charge in [-0.1, -0.05) is 0 Å². The van der Waals surface area contributed by atoms with Crippen molar-refractivity contribution in [3.8, 4) is 11.3 Å². The first-order valence-electron chi connectivity index (χ1n) is 9.48. The van der Waals surface area contributed by atoms with Crippen LogP contribution in [0.2, 0.25) is 0 Å². The summed E-state index contributed by atoms with van der Waals surface area (Å²) >= 11 is 1.21. The number of fused-ring (bicyclic) bond motifs is 1. The third kappa shape index (κ3) is 3.52. The average Bonchev–Trinajstić information content (AvgIpc) is 3.38. The number of carbonyl (C=O) groups is 2. The van der Waals surface area contributed by atoms with Gasteiger partial charge in [-0.15, -0.1) is 11.3 Å². The second kappa shape index (κ2) is 7.49. The van der Waals surface area contributed by atoms with E-state index in [4.69, 9.17) is 9.40 Å². The summed E-state index contributed by atoms with van der Waals surface area (Å²) in [5, 5.41) is 9.85. The molecule has 0 aliphatic heterocycles. The van der Waals surface area contributed by atoms with Crippen LogP contribution in [0.1, 0.15) is 59.2 Å². The fourth-order valence-corrected chi connectivity index (χ4v) is 4.01. The SMILES string of the molecule is CC(=O)c1csc(NC(=O)c2cc(-c3cc(C)oc3C)nc3c2cnn3C(C)C)n1. The molecule has 1 amide bonds. The van der Waals surface area contributed by atoms with Crippen molar-refractivity contribution in [1.82, 2.24) is 19.7 Å². The fraction of sp³-hybridized carbons (Fsp3) is 0.286. The predicted molar refractivity (Wildman–Crippen MR) is 115 cm³/mol. The number of nitrogens with zero attached hydrogens (tertiary/aromatic N) is 4. The van der Waals surface area contributed by atoms with E-state index in [1.54, 1.807) is 22.3 Å². The Hall–Kier alpha value is -3.33. The van der Waals surface area contributed by atoms with Crippen LogP contribution < -0.4 is 5.32 Å². The Bertz CT molecular complexity index is 1280. The lowest BCUT2D eigenvalue weighted by atomic mass is 10.1. The van der Waals surface area contributed by atoms with Crippen molar-refractivity contribution >= 4 is 39.2 Å². The second-order valence-electron chi connectivity index (χ2n) is 7.35. The summed E-state index contributed by atoms with van der Waals surface area (Å²) in [7, 11) is 0. The average molecular weight is 423 g/mol. The van der Waals surface area contributed by atoms with Crippen molar-refractivity contribution in [2.24, 2.45) is 0 Å². The van der Waals surface area contributed by atoms with E-state index in [0.29, 0.717) is 33.1 Å². The number of amides is 1. The number of hydrogen-bond donors (Lipinski definition) is 1. The molecule has 4 heterocycles. The molecule has 4 aromatic rings. The normalized spacial score (nSPS) is 11.4. The van der Waals surface area contributed by atoms with Crippen LogP contribution in [0.5, 0.6) is 0 Å². The summed E-state index contributed by atoms with van der Waals surface area (Å²) in [6, 6.07) is 3.72. The molecule has 4 rings (SSSR count). The topological polar surface area (TPSA) is 103 Å². The molecule has 0 unspecified atom stereocenters. The Morgan fingerprint density at radius 1 is 1.20 bits per heavy atom. The van der Waals surface area contributed by atoms with Gasteiger partial charge < -0.3 is 4.42 Å². The maximum atomic E-state index is 13.1. The molecule has 1 N–H and O–H groups in total. The number of furan rings is 1. The number of nitrogens with one attached hydrogen (secondary N) is 1. The minimum Gasteiger partial charge on any atom is -0.466 e. The highest BCUT2D eigenvalue weighted by atomic mass is 32.1. The van der Waals surface area contributed by atoms with Crippen molar-refractivity contribution < 1.29 is 14.0 Å². The number of thiazole rings is 1. The third-order valence-corrected chi connectivity index (χ3v) is 5.46. The quantitative estimate of drug-likeness (QED) is 0.463. The number of carbonyl (C=O) groups excluding carboxylic acids is 2. The molecule has 30 heavy (non-hydrogen) atoms. The molecule has 0 saturated heterocycles. The Balaban J connectivity index is 1.83. The summed E-state index contributed by atoms with van der Waals surface area (Å²) in [4.78, 5) is 33.6. The molecule has 4 aromatic heterocycles. The summed E-state index contributed by atoms with van der Waals surface area (Å²) in [5.74, 6) is 1.01. The summed E-state index contributed by atoms with van der Waals surface area (Å²) < 4.78 is 7.44. The van der Waals surface area contributed by atoms with Gasteiger partial charge in [0.15, 0.2) is 16.6 Å². The van der Waals surface area contributed by atoms with E-state index in [9.17, 15) is 9.59 Å². The molecule has 0 aliphatic carbocycles. The van der Waals surface area contributed by atoms with Gasteiger partial charge in [0.25, 0.3) is 5.91 Å². The minimum atomic E-state index is -0.339. The Labute approximate surface area is 177 Å². The van der Waals surface area contributed by atoms with Crippen LogP contribution in [-0.4, -0.2) is 31.4 Å². The zero-order valence-electron chi connectivity index (χ0n) is 17.3. The maximum Gasteiger partial charge on any atom is 0.258 e. The van der Waals surface area contributed by atoms with Crippen LogP contribution in [0, 0.1) is 13.8 Å². The number of pyridine rings is 1. The van der Waals surface area contributed by atoms with E-state index in [-0.39, 0.29) is 17.7 Å². The van der Waals surface area contributed by atoms with E-state index >= 15 is 0 Å². The van der Waals surface area contributed by atoms with Gasteiger partial charge in [0.05, 0.1) is 22.8 Å². The highest BCUT2D eigenvalue weighted by Crippen LogP contribution is 2.30.